The molecule has 0 atom stereocenters. The first-order chi connectivity index (χ1) is 18.2. The van der Waals surface area contributed by atoms with Crippen LogP contribution in [0.3, 0.4) is 0 Å². The van der Waals surface area contributed by atoms with Gasteiger partial charge in [0.2, 0.25) is 5.88 Å². The molecule has 0 bridgehead atoms. The van der Waals surface area contributed by atoms with Crippen molar-refractivity contribution in [2.75, 3.05) is 5.32 Å². The average Bonchev–Trinajstić information content (AvgIpc) is 3.26. The van der Waals surface area contributed by atoms with Gasteiger partial charge in [0.25, 0.3) is 5.91 Å². The Labute approximate surface area is 218 Å². The third-order valence-corrected chi connectivity index (χ3v) is 6.04. The fourth-order valence-electron chi connectivity index (χ4n) is 4.21. The van der Waals surface area contributed by atoms with Crippen molar-refractivity contribution >= 4 is 22.6 Å². The lowest BCUT2D eigenvalue weighted by molar-refractivity contribution is -0.112. The van der Waals surface area contributed by atoms with E-state index in [-0.39, 0.29) is 11.7 Å². The Hall–Kier alpha value is -4.92. The van der Waals surface area contributed by atoms with E-state index >= 15 is 4.39 Å². The van der Waals surface area contributed by atoms with Gasteiger partial charge in [-0.05, 0) is 63.1 Å². The van der Waals surface area contributed by atoms with Gasteiger partial charge < -0.3 is 15.0 Å². The van der Waals surface area contributed by atoms with Crippen LogP contribution in [0.15, 0.2) is 67.1 Å². The first kappa shape index (κ1) is 24.8. The molecule has 0 saturated carbocycles. The predicted octanol–water partition coefficient (Wildman–Crippen LogP) is 6.45. The van der Waals surface area contributed by atoms with Gasteiger partial charge >= 0.3 is 0 Å². The van der Waals surface area contributed by atoms with E-state index in [9.17, 15) is 4.79 Å². The molecule has 0 saturated heterocycles. The summed E-state index contributed by atoms with van der Waals surface area (Å²) in [5.74, 6) is -0.446. The zero-order valence-corrected chi connectivity index (χ0v) is 21.4. The van der Waals surface area contributed by atoms with Crippen molar-refractivity contribution in [3.63, 3.8) is 0 Å². The predicted molar refractivity (Wildman–Crippen MR) is 144 cm³/mol. The highest BCUT2D eigenvalue weighted by Gasteiger charge is 2.22. The van der Waals surface area contributed by atoms with Crippen molar-refractivity contribution in [2.24, 2.45) is 0 Å². The Kier molecular flexibility index (Phi) is 6.42. The van der Waals surface area contributed by atoms with Crippen molar-refractivity contribution in [3.8, 4) is 34.1 Å². The number of carbonyl (C=O) groups excluding carboxylic acids is 1. The summed E-state index contributed by atoms with van der Waals surface area (Å²) in [6, 6.07) is 11.9. The van der Waals surface area contributed by atoms with E-state index in [2.05, 4.69) is 36.8 Å². The number of anilines is 1. The molecule has 4 aromatic heterocycles. The fraction of sp³-hybridized carbons (Fsp3) is 0.138. The number of ether oxygens (including phenoxy) is 1. The van der Waals surface area contributed by atoms with E-state index in [1.54, 1.807) is 37.4 Å². The Morgan fingerprint density at radius 2 is 1.89 bits per heavy atom. The summed E-state index contributed by atoms with van der Waals surface area (Å²) in [5, 5.41) is 3.54. The van der Waals surface area contributed by atoms with E-state index in [1.807, 2.05) is 32.9 Å². The highest BCUT2D eigenvalue weighted by atomic mass is 19.1. The molecule has 190 valence electrons. The van der Waals surface area contributed by atoms with Crippen LogP contribution in [-0.2, 0) is 4.79 Å². The quantitative estimate of drug-likeness (QED) is 0.255. The first-order valence-corrected chi connectivity index (χ1v) is 11.9. The van der Waals surface area contributed by atoms with Crippen molar-refractivity contribution in [1.82, 2.24) is 24.9 Å². The molecule has 1 aromatic carbocycles. The second-order valence-corrected chi connectivity index (χ2v) is 9.05. The maximum Gasteiger partial charge on any atom is 0.250 e. The van der Waals surface area contributed by atoms with Crippen LogP contribution in [0, 0.1) is 26.6 Å². The highest BCUT2D eigenvalue weighted by Crippen LogP contribution is 2.40. The number of amides is 1. The number of rotatable bonds is 6. The summed E-state index contributed by atoms with van der Waals surface area (Å²) < 4.78 is 21.0. The third-order valence-electron chi connectivity index (χ3n) is 6.04. The smallest absolute Gasteiger partial charge is 0.250 e. The summed E-state index contributed by atoms with van der Waals surface area (Å²) in [7, 11) is 0. The number of nitrogens with zero attached hydrogens (tertiary/aromatic N) is 4. The van der Waals surface area contributed by atoms with Crippen LogP contribution in [0.1, 0.15) is 23.9 Å². The van der Waals surface area contributed by atoms with Crippen LogP contribution in [0.2, 0.25) is 0 Å². The maximum atomic E-state index is 15.3. The van der Waals surface area contributed by atoms with E-state index in [4.69, 9.17) is 4.74 Å². The molecule has 0 aliphatic rings. The van der Waals surface area contributed by atoms with Crippen LogP contribution in [-0.4, -0.2) is 30.8 Å². The van der Waals surface area contributed by atoms with Crippen molar-refractivity contribution in [2.45, 2.75) is 27.7 Å². The number of nitrogens with one attached hydrogen (secondary N) is 2. The maximum absolute atomic E-state index is 15.3. The van der Waals surface area contributed by atoms with Gasteiger partial charge in [-0.15, -0.1) is 0 Å². The molecule has 5 rings (SSSR count). The number of aromatic nitrogens is 5. The van der Waals surface area contributed by atoms with Gasteiger partial charge in [0.15, 0.2) is 11.6 Å². The van der Waals surface area contributed by atoms with Crippen LogP contribution < -0.4 is 10.1 Å². The molecule has 0 spiro atoms. The fourth-order valence-corrected chi connectivity index (χ4v) is 4.21. The summed E-state index contributed by atoms with van der Waals surface area (Å²) in [4.78, 5) is 33.1. The number of aryl methyl sites for hydroxylation is 3. The molecule has 0 unspecified atom stereocenters. The monoisotopic (exact) mass is 508 g/mol. The van der Waals surface area contributed by atoms with E-state index in [0.29, 0.717) is 45.3 Å². The van der Waals surface area contributed by atoms with Gasteiger partial charge in [0, 0.05) is 28.3 Å². The van der Waals surface area contributed by atoms with Crippen LogP contribution in [0.25, 0.3) is 33.5 Å². The molecular weight excluding hydrogens is 483 g/mol. The highest BCUT2D eigenvalue weighted by molar-refractivity contribution is 6.04. The number of hydrogen-bond acceptors (Lipinski definition) is 6. The molecule has 4 heterocycles. The molecule has 38 heavy (non-hydrogen) atoms. The number of hydrogen-bond donors (Lipinski definition) is 2. The topological polar surface area (TPSA) is 106 Å². The SMILES string of the molecule is C=C(C)C(=O)Nc1cnc(-c2[nH]c3ncnc(C)c3c2-c2ccc(Oc3cccc(C)n3)c(F)c2)c(C)c1. The molecule has 0 aliphatic heterocycles. The molecule has 1 amide bonds. The average molecular weight is 509 g/mol. The standard InChI is InChI=1S/C29H25FN6O2/c1-15(2)29(37)35-20-11-16(3)26(31-13-20)27-25(24-18(5)32-14-33-28(24)36-27)19-9-10-22(21(30)12-19)38-23-8-6-7-17(4)34-23/h6-14H,1H2,2-5H3,(H,35,37)(H,32,33,36). The normalized spacial score (nSPS) is 11.0. The minimum absolute atomic E-state index is 0.0631. The molecule has 5 aromatic rings. The molecular formula is C29H25FN6O2. The summed E-state index contributed by atoms with van der Waals surface area (Å²) in [5.41, 5.74) is 6.46. The number of H-pyrrole nitrogens is 1. The molecule has 8 nitrogen and oxygen atoms in total. The van der Waals surface area contributed by atoms with Crippen molar-refractivity contribution < 1.29 is 13.9 Å². The number of fused-ring (bicyclic) bond motifs is 1. The van der Waals surface area contributed by atoms with Gasteiger partial charge in [-0.1, -0.05) is 18.7 Å². The number of pyridine rings is 2. The molecule has 0 radical (unpaired) electrons. The largest absolute Gasteiger partial charge is 0.436 e. The molecule has 0 fully saturated rings. The van der Waals surface area contributed by atoms with Crippen molar-refractivity contribution in [1.29, 1.82) is 0 Å². The molecule has 0 aliphatic carbocycles. The number of aromatic amines is 1. The summed E-state index contributed by atoms with van der Waals surface area (Å²) in [6.07, 6.45) is 3.05. The summed E-state index contributed by atoms with van der Waals surface area (Å²) >= 11 is 0. The minimum atomic E-state index is -0.539. The van der Waals surface area contributed by atoms with E-state index < -0.39 is 5.82 Å². The number of halogens is 1. The van der Waals surface area contributed by atoms with Crippen LogP contribution in [0.5, 0.6) is 11.6 Å². The zero-order valence-electron chi connectivity index (χ0n) is 21.4. The van der Waals surface area contributed by atoms with E-state index in [0.717, 1.165) is 22.3 Å². The number of benzene rings is 1. The summed E-state index contributed by atoms with van der Waals surface area (Å²) in [6.45, 7) is 10.9. The molecule has 2 N–H and O–H groups in total. The lowest BCUT2D eigenvalue weighted by atomic mass is 9.98. The Morgan fingerprint density at radius 1 is 1.08 bits per heavy atom. The van der Waals surface area contributed by atoms with Gasteiger partial charge in [-0.25, -0.2) is 19.3 Å². The van der Waals surface area contributed by atoms with Crippen LogP contribution >= 0.6 is 0 Å². The number of carbonyl (C=O) groups is 1. The Balaban J connectivity index is 1.61. The van der Waals surface area contributed by atoms with Crippen molar-refractivity contribution in [3.05, 3.63) is 89.9 Å². The Bertz CT molecular complexity index is 1730. The van der Waals surface area contributed by atoms with Gasteiger partial charge in [-0.3, -0.25) is 9.78 Å². The third kappa shape index (κ3) is 4.73. The molecule has 9 heteroatoms. The zero-order chi connectivity index (χ0) is 27.0. The first-order valence-electron chi connectivity index (χ1n) is 11.9. The minimum Gasteiger partial charge on any atom is -0.436 e. The second-order valence-electron chi connectivity index (χ2n) is 9.05. The lowest BCUT2D eigenvalue weighted by Gasteiger charge is -2.12. The van der Waals surface area contributed by atoms with Crippen LogP contribution in [0.4, 0.5) is 10.1 Å². The van der Waals surface area contributed by atoms with E-state index in [1.165, 1.54) is 12.4 Å². The van der Waals surface area contributed by atoms with Gasteiger partial charge in [0.05, 0.1) is 29.0 Å². The van der Waals surface area contributed by atoms with Gasteiger partial charge in [0.1, 0.15) is 12.0 Å². The van der Waals surface area contributed by atoms with Gasteiger partial charge in [-0.2, -0.15) is 0 Å². The lowest BCUT2D eigenvalue weighted by Crippen LogP contribution is -2.12. The second kappa shape index (κ2) is 9.85. The Morgan fingerprint density at radius 3 is 2.61 bits per heavy atom.